The fourth-order valence-electron chi connectivity index (χ4n) is 1.49. The van der Waals surface area contributed by atoms with Gasteiger partial charge < -0.3 is 12.9 Å². The Balaban J connectivity index is 0.00000144. The van der Waals surface area contributed by atoms with E-state index in [9.17, 15) is 12.9 Å². The smallest absolute Gasteiger partial charge is 0.438 e. The van der Waals surface area contributed by atoms with Gasteiger partial charge in [-0.25, -0.2) is 0 Å². The Hall–Kier alpha value is -0.249. The molecule has 0 spiro atoms. The number of hydrogen-bond donors (Lipinski definition) is 0. The molecule has 80 valence electrons. The second kappa shape index (κ2) is 6.08. The Bertz CT molecular complexity index is 576. The minimum Gasteiger partial charge on any atom is -0.438 e. The molecule has 0 N–H and O–H groups in total. The average Bonchev–Trinajstić information content (AvgIpc) is 2.25. The van der Waals surface area contributed by atoms with Gasteiger partial charge in [-0.05, 0) is 16.8 Å². The second-order valence-corrected chi connectivity index (χ2v) is 3.37. The number of rotatable bonds is 0. The van der Waals surface area contributed by atoms with Crippen LogP contribution in [0.2, 0.25) is 0 Å². The molecule has 0 bridgehead atoms. The summed E-state index contributed by atoms with van der Waals surface area (Å²) in [5.41, 5.74) is 0.414. The van der Waals surface area contributed by atoms with Gasteiger partial charge in [0, 0.05) is 5.56 Å². The van der Waals surface area contributed by atoms with E-state index < -0.39 is 6.98 Å². The predicted molar refractivity (Wildman–Crippen MR) is 59.9 cm³/mol. The van der Waals surface area contributed by atoms with Crippen LogP contribution in [0.1, 0.15) is 5.56 Å². The topological polar surface area (TPSA) is 0 Å². The third kappa shape index (κ3) is 4.16. The van der Waals surface area contributed by atoms with Crippen LogP contribution in [0.4, 0.5) is 12.9 Å². The summed E-state index contributed by atoms with van der Waals surface area (Å²) in [6, 6.07) is 12.4. The zero-order chi connectivity index (χ0) is 11.6. The van der Waals surface area contributed by atoms with Gasteiger partial charge in [0.2, 0.25) is 0 Å². The van der Waals surface area contributed by atoms with Crippen LogP contribution < -0.4 is 51.4 Å². The van der Waals surface area contributed by atoms with Crippen LogP contribution in [0.25, 0.3) is 10.8 Å². The first kappa shape index (κ1) is 14.8. The van der Waals surface area contributed by atoms with E-state index in [2.05, 4.69) is 5.92 Å². The van der Waals surface area contributed by atoms with Crippen molar-refractivity contribution in [1.29, 1.82) is 0 Å². The Morgan fingerprint density at radius 3 is 2.24 bits per heavy atom. The van der Waals surface area contributed by atoms with Crippen molar-refractivity contribution in [3.63, 3.8) is 0 Å². The number of halogens is 3. The summed E-state index contributed by atoms with van der Waals surface area (Å²) in [4.78, 5) is 0. The number of benzene rings is 2. The summed E-state index contributed by atoms with van der Waals surface area (Å²) in [6.45, 7) is -5.05. The summed E-state index contributed by atoms with van der Waals surface area (Å²) in [5.74, 6) is 3.52. The number of fused-ring (bicyclic) bond motifs is 1. The molecule has 0 saturated carbocycles. The Labute approximate surface area is 140 Å². The molecule has 0 unspecified atom stereocenters. The van der Waals surface area contributed by atoms with Crippen LogP contribution in [0.15, 0.2) is 42.5 Å². The summed E-state index contributed by atoms with van der Waals surface area (Å²) in [6.07, 6.45) is 0. The minimum absolute atomic E-state index is 0. The molecule has 0 aliphatic heterocycles. The van der Waals surface area contributed by atoms with E-state index in [4.69, 9.17) is 0 Å². The van der Waals surface area contributed by atoms with Crippen molar-refractivity contribution in [1.82, 2.24) is 0 Å². The Morgan fingerprint density at radius 2 is 1.53 bits per heavy atom. The van der Waals surface area contributed by atoms with Gasteiger partial charge in [0.25, 0.3) is 0 Å². The fraction of sp³-hybridized carbons (Fsp3) is 0. The van der Waals surface area contributed by atoms with Gasteiger partial charge in [0.15, 0.2) is 0 Å². The molecule has 0 fully saturated rings. The molecular formula is C12H7BF3K. The van der Waals surface area contributed by atoms with Crippen LogP contribution in [0.3, 0.4) is 0 Å². The average molecular weight is 258 g/mol. The van der Waals surface area contributed by atoms with Crippen LogP contribution in [-0.2, 0) is 0 Å². The van der Waals surface area contributed by atoms with Crippen molar-refractivity contribution >= 4 is 17.7 Å². The van der Waals surface area contributed by atoms with Crippen molar-refractivity contribution in [2.24, 2.45) is 0 Å². The van der Waals surface area contributed by atoms with E-state index in [0.717, 1.165) is 10.8 Å². The molecular weight excluding hydrogens is 251 g/mol. The fourth-order valence-corrected chi connectivity index (χ4v) is 1.49. The van der Waals surface area contributed by atoms with E-state index in [1.807, 2.05) is 18.2 Å². The monoisotopic (exact) mass is 258 g/mol. The summed E-state index contributed by atoms with van der Waals surface area (Å²) < 4.78 is 36.1. The van der Waals surface area contributed by atoms with Crippen LogP contribution >= 0.6 is 0 Å². The molecule has 0 heterocycles. The zero-order valence-corrected chi connectivity index (χ0v) is 12.4. The second-order valence-electron chi connectivity index (χ2n) is 3.37. The van der Waals surface area contributed by atoms with Gasteiger partial charge in [-0.15, -0.1) is 5.92 Å². The molecule has 0 aromatic heterocycles. The van der Waals surface area contributed by atoms with Crippen molar-refractivity contribution in [3.8, 4) is 11.7 Å². The standard InChI is InChI=1S/C12H7BF3.K/c14-13(15,16)9-8-11-6-3-5-10-4-1-2-7-12(10)11;/h1-7H;/q-1;+1. The molecule has 0 atom stereocenters. The normalized spacial score (nSPS) is 10.3. The first-order valence-corrected chi connectivity index (χ1v) is 4.76. The van der Waals surface area contributed by atoms with E-state index >= 15 is 0 Å². The van der Waals surface area contributed by atoms with Gasteiger partial charge in [0.1, 0.15) is 0 Å². The predicted octanol–water partition coefficient (Wildman–Crippen LogP) is 0.582. The van der Waals surface area contributed by atoms with Gasteiger partial charge >= 0.3 is 58.4 Å². The van der Waals surface area contributed by atoms with Crippen molar-refractivity contribution in [2.75, 3.05) is 0 Å². The minimum atomic E-state index is -5.05. The van der Waals surface area contributed by atoms with Crippen LogP contribution in [0, 0.1) is 11.7 Å². The van der Waals surface area contributed by atoms with Gasteiger partial charge in [-0.3, -0.25) is 0 Å². The maximum absolute atomic E-state index is 12.0. The molecule has 0 radical (unpaired) electrons. The Morgan fingerprint density at radius 1 is 0.882 bits per heavy atom. The van der Waals surface area contributed by atoms with Gasteiger partial charge in [-0.1, -0.05) is 36.4 Å². The van der Waals surface area contributed by atoms with Crippen LogP contribution in [0.5, 0.6) is 0 Å². The Kier molecular flexibility index (Phi) is 5.29. The SMILES string of the molecule is F[B-](F)(F)C#Cc1cccc2ccccc12.[K+]. The largest absolute Gasteiger partial charge is 1.00 e. The van der Waals surface area contributed by atoms with Gasteiger partial charge in [0.05, 0.1) is 0 Å². The van der Waals surface area contributed by atoms with Crippen molar-refractivity contribution < 1.29 is 64.3 Å². The summed E-state index contributed by atoms with van der Waals surface area (Å²) in [5, 5.41) is 1.64. The molecule has 0 nitrogen and oxygen atoms in total. The zero-order valence-electron chi connectivity index (χ0n) is 9.25. The molecule has 0 amide bonds. The molecule has 0 saturated heterocycles. The molecule has 2 aromatic carbocycles. The van der Waals surface area contributed by atoms with E-state index in [1.54, 1.807) is 24.3 Å². The summed E-state index contributed by atoms with van der Waals surface area (Å²) >= 11 is 0. The number of hydrogen-bond acceptors (Lipinski definition) is 0. The summed E-state index contributed by atoms with van der Waals surface area (Å²) in [7, 11) is 0. The maximum atomic E-state index is 12.0. The van der Waals surface area contributed by atoms with Crippen molar-refractivity contribution in [3.05, 3.63) is 48.0 Å². The maximum Gasteiger partial charge on any atom is 1.00 e. The van der Waals surface area contributed by atoms with Gasteiger partial charge in [-0.2, -0.15) is 5.82 Å². The molecule has 5 heteroatoms. The molecule has 0 aliphatic rings. The van der Waals surface area contributed by atoms with E-state index in [-0.39, 0.29) is 51.4 Å². The van der Waals surface area contributed by atoms with E-state index in [1.165, 1.54) is 5.82 Å². The van der Waals surface area contributed by atoms with Crippen molar-refractivity contribution in [2.45, 2.75) is 0 Å². The molecule has 2 rings (SSSR count). The van der Waals surface area contributed by atoms with E-state index in [0.29, 0.717) is 5.56 Å². The van der Waals surface area contributed by atoms with Crippen LogP contribution in [-0.4, -0.2) is 6.98 Å². The molecule has 2 aromatic rings. The molecule has 17 heavy (non-hydrogen) atoms. The first-order chi connectivity index (χ1) is 7.56. The quantitative estimate of drug-likeness (QED) is 0.479. The third-order valence-electron chi connectivity index (χ3n) is 2.16. The third-order valence-corrected chi connectivity index (χ3v) is 2.16. The first-order valence-electron chi connectivity index (χ1n) is 4.76. The molecule has 0 aliphatic carbocycles.